The van der Waals surface area contributed by atoms with Gasteiger partial charge in [0.25, 0.3) is 0 Å². The number of carbonyl (C=O) groups is 2. The van der Waals surface area contributed by atoms with Gasteiger partial charge in [-0.3, -0.25) is 9.69 Å². The highest BCUT2D eigenvalue weighted by Crippen LogP contribution is 2.30. The third kappa shape index (κ3) is 2.34. The van der Waals surface area contributed by atoms with Crippen molar-refractivity contribution in [1.82, 2.24) is 9.80 Å². The van der Waals surface area contributed by atoms with E-state index in [9.17, 15) is 9.59 Å². The van der Waals surface area contributed by atoms with Crippen molar-refractivity contribution in [3.63, 3.8) is 0 Å². The molecule has 1 aliphatic heterocycles. The van der Waals surface area contributed by atoms with E-state index in [1.54, 1.807) is 7.05 Å². The Hall–Kier alpha value is -0.710. The topological polar surface area (TPSA) is 40.6 Å². The summed E-state index contributed by atoms with van der Waals surface area (Å²) in [6, 6.07) is -0.182. The maximum absolute atomic E-state index is 11.7. The Bertz CT molecular complexity index is 281. The van der Waals surface area contributed by atoms with E-state index in [-0.39, 0.29) is 23.9 Å². The summed E-state index contributed by atoms with van der Waals surface area (Å²) in [7, 11) is 1.65. The number of urea groups is 1. The van der Waals surface area contributed by atoms with E-state index in [0.717, 1.165) is 12.8 Å². The second-order valence-corrected chi connectivity index (χ2v) is 4.80. The SMILES string of the molecule is CCC(CC)(CS)CN1C(=O)CN(C)C1=O. The van der Waals surface area contributed by atoms with Gasteiger partial charge < -0.3 is 4.90 Å². The van der Waals surface area contributed by atoms with E-state index >= 15 is 0 Å². The van der Waals surface area contributed by atoms with Crippen LogP contribution in [0.3, 0.4) is 0 Å². The van der Waals surface area contributed by atoms with Crippen LogP contribution >= 0.6 is 12.6 Å². The fraction of sp³-hybridized carbons (Fsp3) is 0.818. The van der Waals surface area contributed by atoms with E-state index < -0.39 is 0 Å². The van der Waals surface area contributed by atoms with E-state index in [1.165, 1.54) is 9.80 Å². The lowest BCUT2D eigenvalue weighted by Gasteiger charge is -2.33. The van der Waals surface area contributed by atoms with Gasteiger partial charge in [-0.2, -0.15) is 12.6 Å². The maximum atomic E-state index is 11.7. The van der Waals surface area contributed by atoms with Crippen LogP contribution in [0.2, 0.25) is 0 Å². The largest absolute Gasteiger partial charge is 0.326 e. The van der Waals surface area contributed by atoms with Crippen LogP contribution in [-0.4, -0.2) is 47.6 Å². The molecule has 4 nitrogen and oxygen atoms in total. The third-order valence-corrected chi connectivity index (χ3v) is 4.23. The monoisotopic (exact) mass is 244 g/mol. The summed E-state index contributed by atoms with van der Waals surface area (Å²) in [5, 5.41) is 0. The summed E-state index contributed by atoms with van der Waals surface area (Å²) in [5.41, 5.74) is -0.0421. The summed E-state index contributed by atoms with van der Waals surface area (Å²) in [6.45, 7) is 4.85. The zero-order chi connectivity index (χ0) is 12.3. The minimum Gasteiger partial charge on any atom is -0.318 e. The molecule has 0 aromatic heterocycles. The van der Waals surface area contributed by atoms with Gasteiger partial charge in [-0.05, 0) is 24.0 Å². The quantitative estimate of drug-likeness (QED) is 0.590. The fourth-order valence-electron chi connectivity index (χ4n) is 1.91. The first-order chi connectivity index (χ1) is 7.49. The first-order valence-corrected chi connectivity index (χ1v) is 6.29. The number of thiol groups is 1. The van der Waals surface area contributed by atoms with Gasteiger partial charge in [-0.25, -0.2) is 4.79 Å². The molecule has 0 bridgehead atoms. The lowest BCUT2D eigenvalue weighted by molar-refractivity contribution is -0.126. The lowest BCUT2D eigenvalue weighted by Crippen LogP contribution is -2.42. The number of rotatable bonds is 5. The highest BCUT2D eigenvalue weighted by atomic mass is 32.1. The normalized spacial score (nSPS) is 17.5. The van der Waals surface area contributed by atoms with Crippen molar-refractivity contribution in [2.24, 2.45) is 5.41 Å². The fourth-order valence-corrected chi connectivity index (χ4v) is 2.45. The molecule has 1 saturated heterocycles. The van der Waals surface area contributed by atoms with Crippen molar-refractivity contribution in [2.45, 2.75) is 26.7 Å². The second-order valence-electron chi connectivity index (χ2n) is 4.48. The predicted molar refractivity (Wildman–Crippen MR) is 66.6 cm³/mol. The molecule has 3 amide bonds. The van der Waals surface area contributed by atoms with Crippen molar-refractivity contribution in [3.05, 3.63) is 0 Å². The average molecular weight is 244 g/mol. The van der Waals surface area contributed by atoms with Gasteiger partial charge in [0.1, 0.15) is 6.54 Å². The van der Waals surface area contributed by atoms with Crippen molar-refractivity contribution >= 4 is 24.6 Å². The third-order valence-electron chi connectivity index (χ3n) is 3.56. The number of amides is 3. The summed E-state index contributed by atoms with van der Waals surface area (Å²) in [5.74, 6) is 0.599. The molecule has 92 valence electrons. The van der Waals surface area contributed by atoms with E-state index in [4.69, 9.17) is 0 Å². The van der Waals surface area contributed by atoms with Crippen LogP contribution in [0.25, 0.3) is 0 Å². The van der Waals surface area contributed by atoms with Crippen LogP contribution in [0.15, 0.2) is 0 Å². The zero-order valence-electron chi connectivity index (χ0n) is 10.2. The molecule has 0 unspecified atom stereocenters. The summed E-state index contributed by atoms with van der Waals surface area (Å²) in [4.78, 5) is 26.2. The van der Waals surface area contributed by atoms with Gasteiger partial charge >= 0.3 is 6.03 Å². The molecular weight excluding hydrogens is 224 g/mol. The molecule has 1 aliphatic rings. The molecular formula is C11H20N2O2S. The molecule has 1 rings (SSSR count). The Morgan fingerprint density at radius 3 is 2.19 bits per heavy atom. The van der Waals surface area contributed by atoms with Gasteiger partial charge in [-0.15, -0.1) is 0 Å². The molecule has 0 aromatic rings. The molecule has 0 spiro atoms. The summed E-state index contributed by atoms with van der Waals surface area (Å²) < 4.78 is 0. The van der Waals surface area contributed by atoms with Gasteiger partial charge in [0, 0.05) is 13.6 Å². The zero-order valence-corrected chi connectivity index (χ0v) is 11.1. The number of carbonyl (C=O) groups excluding carboxylic acids is 2. The van der Waals surface area contributed by atoms with Gasteiger partial charge in [0.05, 0.1) is 0 Å². The molecule has 0 radical (unpaired) electrons. The van der Waals surface area contributed by atoms with Crippen LogP contribution in [0.4, 0.5) is 4.79 Å². The van der Waals surface area contributed by atoms with Crippen LogP contribution in [-0.2, 0) is 4.79 Å². The minimum atomic E-state index is -0.182. The molecule has 5 heteroatoms. The molecule has 0 atom stereocenters. The van der Waals surface area contributed by atoms with Crippen molar-refractivity contribution in [2.75, 3.05) is 25.9 Å². The first kappa shape index (κ1) is 13.4. The minimum absolute atomic E-state index is 0.0421. The van der Waals surface area contributed by atoms with Crippen LogP contribution < -0.4 is 0 Å². The molecule has 0 aliphatic carbocycles. The highest BCUT2D eigenvalue weighted by molar-refractivity contribution is 7.80. The molecule has 0 saturated carbocycles. The molecule has 1 heterocycles. The first-order valence-electron chi connectivity index (χ1n) is 5.66. The Labute approximate surface area is 102 Å². The molecule has 1 fully saturated rings. The maximum Gasteiger partial charge on any atom is 0.326 e. The summed E-state index contributed by atoms with van der Waals surface area (Å²) in [6.07, 6.45) is 1.85. The Morgan fingerprint density at radius 1 is 1.31 bits per heavy atom. The summed E-state index contributed by atoms with van der Waals surface area (Å²) >= 11 is 4.35. The lowest BCUT2D eigenvalue weighted by atomic mass is 9.84. The second kappa shape index (κ2) is 5.08. The average Bonchev–Trinajstić information content (AvgIpc) is 2.52. The Morgan fingerprint density at radius 2 is 1.88 bits per heavy atom. The molecule has 16 heavy (non-hydrogen) atoms. The van der Waals surface area contributed by atoms with Crippen molar-refractivity contribution in [3.8, 4) is 0 Å². The van der Waals surface area contributed by atoms with Crippen LogP contribution in [0.5, 0.6) is 0 Å². The van der Waals surface area contributed by atoms with E-state index in [2.05, 4.69) is 26.5 Å². The van der Waals surface area contributed by atoms with Gasteiger partial charge in [0.15, 0.2) is 0 Å². The highest BCUT2D eigenvalue weighted by Gasteiger charge is 2.38. The number of hydrogen-bond acceptors (Lipinski definition) is 3. The molecule has 0 N–H and O–H groups in total. The smallest absolute Gasteiger partial charge is 0.318 e. The van der Waals surface area contributed by atoms with Gasteiger partial charge in [-0.1, -0.05) is 13.8 Å². The number of imide groups is 1. The van der Waals surface area contributed by atoms with Crippen LogP contribution in [0.1, 0.15) is 26.7 Å². The van der Waals surface area contributed by atoms with E-state index in [0.29, 0.717) is 12.3 Å². The Balaban J connectivity index is 2.79. The van der Waals surface area contributed by atoms with Gasteiger partial charge in [0.2, 0.25) is 5.91 Å². The molecule has 0 aromatic carbocycles. The number of hydrogen-bond donors (Lipinski definition) is 1. The Kier molecular flexibility index (Phi) is 4.24. The number of nitrogens with zero attached hydrogens (tertiary/aromatic N) is 2. The predicted octanol–water partition coefficient (Wildman–Crippen LogP) is 1.62. The van der Waals surface area contributed by atoms with E-state index in [1.807, 2.05) is 0 Å². The van der Waals surface area contributed by atoms with Crippen molar-refractivity contribution < 1.29 is 9.59 Å². The van der Waals surface area contributed by atoms with Crippen LogP contribution in [0, 0.1) is 5.41 Å². The van der Waals surface area contributed by atoms with Crippen molar-refractivity contribution in [1.29, 1.82) is 0 Å². The standard InChI is InChI=1S/C11H20N2O2S/c1-4-11(5-2,8-16)7-13-9(14)6-12(3)10(13)15/h16H,4-8H2,1-3H3. The number of likely N-dealkylation sites (N-methyl/N-ethyl adjacent to an activating group) is 1.